The number of nitrogens with zero attached hydrogens (tertiary/aromatic N) is 1. The lowest BCUT2D eigenvalue weighted by Crippen LogP contribution is -2.32. The van der Waals surface area contributed by atoms with Gasteiger partial charge >= 0.3 is 11.8 Å². The summed E-state index contributed by atoms with van der Waals surface area (Å²) in [4.78, 5) is 36.6. The van der Waals surface area contributed by atoms with Gasteiger partial charge in [-0.2, -0.15) is 5.10 Å². The predicted octanol–water partition coefficient (Wildman–Crippen LogP) is 4.38. The highest BCUT2D eigenvalue weighted by Crippen LogP contribution is 2.27. The van der Waals surface area contributed by atoms with E-state index in [1.165, 1.54) is 13.3 Å². The Labute approximate surface area is 238 Å². The quantitative estimate of drug-likeness (QED) is 0.115. The van der Waals surface area contributed by atoms with Gasteiger partial charge in [-0.25, -0.2) is 5.43 Å². The van der Waals surface area contributed by atoms with Crippen LogP contribution in [0.4, 0.5) is 11.4 Å². The Morgan fingerprint density at radius 3 is 2.07 bits per heavy atom. The van der Waals surface area contributed by atoms with Crippen molar-refractivity contribution in [3.8, 4) is 23.0 Å². The number of hydrogen-bond acceptors (Lipinski definition) is 8. The number of ether oxygens (including phenoxy) is 4. The maximum Gasteiger partial charge on any atom is 0.329 e. The van der Waals surface area contributed by atoms with Gasteiger partial charge < -0.3 is 29.6 Å². The number of anilines is 2. The van der Waals surface area contributed by atoms with Gasteiger partial charge in [0.1, 0.15) is 11.5 Å². The number of rotatable bonds is 14. The maximum absolute atomic E-state index is 12.3. The standard InChI is InChI=1S/C30H34N4O7/c1-4-6-17-40-25-14-10-23(11-15-25)33-29(36)30(37)34-31-19-21-7-16-26(27(18-21)38-3)41-20-28(35)32-22-8-12-24(13-9-22)39-5-2/h7-16,18-19H,4-6,17,20H2,1-3H3,(H,32,35)(H,33,36)(H,34,37)/b31-19-. The normalized spacial score (nSPS) is 10.5. The highest BCUT2D eigenvalue weighted by Gasteiger charge is 2.13. The number of carbonyl (C=O) groups is 3. The van der Waals surface area contributed by atoms with Gasteiger partial charge in [0.25, 0.3) is 5.91 Å². The van der Waals surface area contributed by atoms with Crippen molar-refractivity contribution in [2.75, 3.05) is 37.6 Å². The molecule has 0 unspecified atom stereocenters. The summed E-state index contributed by atoms with van der Waals surface area (Å²) in [6.07, 6.45) is 3.33. The molecule has 0 saturated heterocycles. The number of amides is 3. The zero-order chi connectivity index (χ0) is 29.5. The highest BCUT2D eigenvalue weighted by atomic mass is 16.5. The summed E-state index contributed by atoms with van der Waals surface area (Å²) in [6, 6.07) is 18.6. The molecule has 3 amide bonds. The molecular formula is C30H34N4O7. The average molecular weight is 563 g/mol. The summed E-state index contributed by atoms with van der Waals surface area (Å²) in [6.45, 7) is 4.91. The molecule has 41 heavy (non-hydrogen) atoms. The Balaban J connectivity index is 1.46. The number of carbonyl (C=O) groups excluding carboxylic acids is 3. The summed E-state index contributed by atoms with van der Waals surface area (Å²) < 4.78 is 21.9. The van der Waals surface area contributed by atoms with Crippen LogP contribution in [0, 0.1) is 0 Å². The molecule has 0 saturated carbocycles. The van der Waals surface area contributed by atoms with Gasteiger partial charge in [0.15, 0.2) is 18.1 Å². The van der Waals surface area contributed by atoms with Gasteiger partial charge in [-0.15, -0.1) is 0 Å². The van der Waals surface area contributed by atoms with Crippen molar-refractivity contribution in [3.05, 3.63) is 72.3 Å². The number of nitrogens with one attached hydrogen (secondary N) is 3. The van der Waals surface area contributed by atoms with Crippen LogP contribution in [0.2, 0.25) is 0 Å². The highest BCUT2D eigenvalue weighted by molar-refractivity contribution is 6.39. The van der Waals surface area contributed by atoms with Crippen LogP contribution >= 0.6 is 0 Å². The third-order valence-electron chi connectivity index (χ3n) is 5.46. The number of benzene rings is 3. The molecule has 0 aliphatic rings. The lowest BCUT2D eigenvalue weighted by atomic mass is 10.2. The molecule has 216 valence electrons. The number of hydrogen-bond donors (Lipinski definition) is 3. The van der Waals surface area contributed by atoms with E-state index in [2.05, 4.69) is 28.1 Å². The summed E-state index contributed by atoms with van der Waals surface area (Å²) in [5, 5.41) is 9.08. The molecule has 0 aliphatic carbocycles. The van der Waals surface area contributed by atoms with Crippen LogP contribution in [0.25, 0.3) is 0 Å². The fraction of sp³-hybridized carbons (Fsp3) is 0.267. The van der Waals surface area contributed by atoms with Crippen LogP contribution in [0.1, 0.15) is 32.3 Å². The Morgan fingerprint density at radius 1 is 0.780 bits per heavy atom. The lowest BCUT2D eigenvalue weighted by molar-refractivity contribution is -0.136. The van der Waals surface area contributed by atoms with E-state index in [1.807, 2.05) is 6.92 Å². The van der Waals surface area contributed by atoms with E-state index in [9.17, 15) is 14.4 Å². The van der Waals surface area contributed by atoms with Crippen molar-refractivity contribution >= 4 is 35.3 Å². The van der Waals surface area contributed by atoms with E-state index >= 15 is 0 Å². The average Bonchev–Trinajstić information content (AvgIpc) is 2.98. The monoisotopic (exact) mass is 562 g/mol. The topological polar surface area (TPSA) is 137 Å². The molecule has 0 heterocycles. The molecule has 0 aliphatic heterocycles. The van der Waals surface area contributed by atoms with Gasteiger partial charge in [0.05, 0.1) is 26.5 Å². The minimum Gasteiger partial charge on any atom is -0.494 e. The Morgan fingerprint density at radius 2 is 1.44 bits per heavy atom. The first-order valence-corrected chi connectivity index (χ1v) is 13.1. The molecule has 11 heteroatoms. The molecule has 3 N–H and O–H groups in total. The smallest absolute Gasteiger partial charge is 0.329 e. The molecule has 3 aromatic carbocycles. The van der Waals surface area contributed by atoms with E-state index in [4.69, 9.17) is 18.9 Å². The number of hydrazone groups is 1. The van der Waals surface area contributed by atoms with E-state index in [-0.39, 0.29) is 12.5 Å². The second kappa shape index (κ2) is 16.1. The third kappa shape index (κ3) is 10.2. The van der Waals surface area contributed by atoms with Crippen LogP contribution in [0.15, 0.2) is 71.8 Å². The minimum atomic E-state index is -0.935. The van der Waals surface area contributed by atoms with Crippen LogP contribution in [-0.4, -0.2) is 50.9 Å². The minimum absolute atomic E-state index is 0.239. The first-order valence-electron chi connectivity index (χ1n) is 13.1. The van der Waals surface area contributed by atoms with Crippen molar-refractivity contribution in [3.63, 3.8) is 0 Å². The maximum atomic E-state index is 12.3. The molecule has 0 spiro atoms. The molecule has 0 radical (unpaired) electrons. The molecule has 0 fully saturated rings. The molecule has 11 nitrogen and oxygen atoms in total. The van der Waals surface area contributed by atoms with Crippen LogP contribution in [0.5, 0.6) is 23.0 Å². The Hall–Kier alpha value is -5.06. The van der Waals surface area contributed by atoms with Crippen LogP contribution < -0.4 is 35.0 Å². The fourth-order valence-corrected chi connectivity index (χ4v) is 3.40. The van der Waals surface area contributed by atoms with Gasteiger partial charge in [0.2, 0.25) is 0 Å². The number of methoxy groups -OCH3 is 1. The van der Waals surface area contributed by atoms with E-state index in [0.717, 1.165) is 12.8 Å². The van der Waals surface area contributed by atoms with Crippen LogP contribution in [0.3, 0.4) is 0 Å². The molecule has 0 bridgehead atoms. The molecule has 3 rings (SSSR count). The summed E-state index contributed by atoms with van der Waals surface area (Å²) >= 11 is 0. The van der Waals surface area contributed by atoms with E-state index in [1.54, 1.807) is 66.7 Å². The second-order valence-corrected chi connectivity index (χ2v) is 8.58. The zero-order valence-electron chi connectivity index (χ0n) is 23.3. The zero-order valence-corrected chi connectivity index (χ0v) is 23.3. The first-order chi connectivity index (χ1) is 19.9. The predicted molar refractivity (Wildman–Crippen MR) is 156 cm³/mol. The summed E-state index contributed by atoms with van der Waals surface area (Å²) in [5.74, 6) is -0.0524. The Bertz CT molecular complexity index is 1330. The van der Waals surface area contributed by atoms with Gasteiger partial charge in [-0.05, 0) is 85.6 Å². The summed E-state index contributed by atoms with van der Waals surface area (Å²) in [7, 11) is 1.46. The van der Waals surface area contributed by atoms with Gasteiger partial charge in [0, 0.05) is 11.4 Å². The second-order valence-electron chi connectivity index (χ2n) is 8.58. The molecule has 3 aromatic rings. The fourth-order valence-electron chi connectivity index (χ4n) is 3.40. The first kappa shape index (κ1) is 30.5. The molecular weight excluding hydrogens is 528 g/mol. The van der Waals surface area contributed by atoms with Gasteiger partial charge in [-0.3, -0.25) is 14.4 Å². The largest absolute Gasteiger partial charge is 0.494 e. The van der Waals surface area contributed by atoms with Crippen molar-refractivity contribution in [2.45, 2.75) is 26.7 Å². The summed E-state index contributed by atoms with van der Waals surface area (Å²) in [5.41, 5.74) is 3.81. The van der Waals surface area contributed by atoms with E-state index < -0.39 is 11.8 Å². The Kier molecular flexibility index (Phi) is 12.0. The van der Waals surface area contributed by atoms with Crippen molar-refractivity contribution in [1.82, 2.24) is 5.43 Å². The molecule has 0 aromatic heterocycles. The van der Waals surface area contributed by atoms with Crippen molar-refractivity contribution in [2.24, 2.45) is 5.10 Å². The SMILES string of the molecule is CCCCOc1ccc(NC(=O)C(=O)N/N=C\c2ccc(OCC(=O)Nc3ccc(OCC)cc3)c(OC)c2)cc1. The van der Waals surface area contributed by atoms with Gasteiger partial charge in [-0.1, -0.05) is 13.3 Å². The van der Waals surface area contributed by atoms with Crippen molar-refractivity contribution < 1.29 is 33.3 Å². The van der Waals surface area contributed by atoms with E-state index in [0.29, 0.717) is 53.2 Å². The van der Waals surface area contributed by atoms with Crippen LogP contribution in [-0.2, 0) is 14.4 Å². The van der Waals surface area contributed by atoms with Crippen molar-refractivity contribution in [1.29, 1.82) is 0 Å². The lowest BCUT2D eigenvalue weighted by Gasteiger charge is -2.12. The number of unbranched alkanes of at least 4 members (excludes halogenated alkanes) is 1. The third-order valence-corrected chi connectivity index (χ3v) is 5.46. The molecule has 0 atom stereocenters.